The number of hydrogen-bond donors (Lipinski definition) is 0. The first-order chi connectivity index (χ1) is 9.15. The highest BCUT2D eigenvalue weighted by molar-refractivity contribution is 5.37. The monoisotopic (exact) mass is 262 g/mol. The molecule has 1 aliphatic carbocycles. The molecule has 0 aromatic heterocycles. The molecule has 0 N–H and O–H groups in total. The molecule has 0 spiro atoms. The summed E-state index contributed by atoms with van der Waals surface area (Å²) in [4.78, 5) is 0. The lowest BCUT2D eigenvalue weighted by Gasteiger charge is -2.29. The van der Waals surface area contributed by atoms with Gasteiger partial charge in [-0.05, 0) is 49.7 Å². The zero-order chi connectivity index (χ0) is 13.8. The van der Waals surface area contributed by atoms with Crippen molar-refractivity contribution in [2.45, 2.75) is 51.4 Å². The summed E-state index contributed by atoms with van der Waals surface area (Å²) < 4.78 is 28.0. The summed E-state index contributed by atoms with van der Waals surface area (Å²) in [5.74, 6) is 2.07. The maximum Gasteiger partial charge on any atom is 0.130 e. The first kappa shape index (κ1) is 14.1. The Labute approximate surface area is 114 Å². The van der Waals surface area contributed by atoms with Crippen LogP contribution in [0.1, 0.15) is 62.5 Å². The van der Waals surface area contributed by atoms with Crippen LogP contribution in [0.2, 0.25) is 0 Å². The largest absolute Gasteiger partial charge is 0.207 e. The Hall–Kier alpha value is -1.36. The van der Waals surface area contributed by atoms with E-state index in [-0.39, 0.29) is 17.0 Å². The Morgan fingerprint density at radius 1 is 1.16 bits per heavy atom. The molecule has 0 atom stereocenters. The van der Waals surface area contributed by atoms with Crippen LogP contribution in [0.3, 0.4) is 0 Å². The van der Waals surface area contributed by atoms with Gasteiger partial charge in [-0.2, -0.15) is 0 Å². The molecule has 0 radical (unpaired) electrons. The van der Waals surface area contributed by atoms with Gasteiger partial charge in [0.2, 0.25) is 0 Å². The fourth-order valence-corrected chi connectivity index (χ4v) is 3.21. The van der Waals surface area contributed by atoms with E-state index in [2.05, 4.69) is 12.8 Å². The van der Waals surface area contributed by atoms with Crippen molar-refractivity contribution < 1.29 is 8.78 Å². The minimum absolute atomic E-state index is 0.0138. The van der Waals surface area contributed by atoms with Crippen LogP contribution in [-0.2, 0) is 0 Å². The summed E-state index contributed by atoms with van der Waals surface area (Å²) in [6.45, 7) is 2.18. The van der Waals surface area contributed by atoms with Crippen LogP contribution in [0.4, 0.5) is 8.78 Å². The lowest BCUT2D eigenvalue weighted by Crippen LogP contribution is -2.15. The van der Waals surface area contributed by atoms with Crippen LogP contribution in [0.15, 0.2) is 12.1 Å². The third kappa shape index (κ3) is 3.15. The Kier molecular flexibility index (Phi) is 4.58. The van der Waals surface area contributed by atoms with Gasteiger partial charge in [0.05, 0.1) is 0 Å². The molecule has 0 bridgehead atoms. The summed E-state index contributed by atoms with van der Waals surface area (Å²) in [6, 6.07) is 2.55. The highest BCUT2D eigenvalue weighted by Gasteiger charge is 2.26. The molecule has 1 aromatic carbocycles. The van der Waals surface area contributed by atoms with E-state index in [9.17, 15) is 8.78 Å². The molecule has 2 rings (SSSR count). The maximum atomic E-state index is 14.0. The molecule has 0 nitrogen and oxygen atoms in total. The van der Waals surface area contributed by atoms with E-state index in [0.717, 1.165) is 31.6 Å². The quantitative estimate of drug-likeness (QED) is 0.671. The molecule has 0 saturated heterocycles. The fourth-order valence-electron chi connectivity index (χ4n) is 3.21. The number of terminal acetylenes is 1. The Morgan fingerprint density at radius 3 is 2.21 bits per heavy atom. The fraction of sp³-hybridized carbons (Fsp3) is 0.529. The molecule has 1 aliphatic rings. The van der Waals surface area contributed by atoms with Crippen molar-refractivity contribution in [3.63, 3.8) is 0 Å². The van der Waals surface area contributed by atoms with E-state index in [4.69, 9.17) is 6.42 Å². The molecule has 0 amide bonds. The number of halogens is 2. The Morgan fingerprint density at radius 2 is 1.74 bits per heavy atom. The van der Waals surface area contributed by atoms with Crippen LogP contribution in [0.5, 0.6) is 0 Å². The van der Waals surface area contributed by atoms with E-state index < -0.39 is 11.6 Å². The number of benzene rings is 1. The highest BCUT2D eigenvalue weighted by Crippen LogP contribution is 2.39. The van der Waals surface area contributed by atoms with Crippen molar-refractivity contribution >= 4 is 0 Å². The normalized spacial score (nSPS) is 23.1. The summed E-state index contributed by atoms with van der Waals surface area (Å²) in [7, 11) is 0. The molecule has 0 aliphatic heterocycles. The Balaban J connectivity index is 2.14. The molecule has 19 heavy (non-hydrogen) atoms. The lowest BCUT2D eigenvalue weighted by molar-refractivity contribution is 0.300. The van der Waals surface area contributed by atoms with Crippen LogP contribution in [0, 0.1) is 29.9 Å². The lowest BCUT2D eigenvalue weighted by atomic mass is 9.77. The highest BCUT2D eigenvalue weighted by atomic mass is 19.1. The second kappa shape index (κ2) is 6.19. The molecule has 1 aromatic rings. The van der Waals surface area contributed by atoms with Crippen molar-refractivity contribution in [1.29, 1.82) is 0 Å². The summed E-state index contributed by atoms with van der Waals surface area (Å²) in [5.41, 5.74) is 0.521. The SMILES string of the molecule is C#Cc1cc(F)c(C2CCC(CCC)CC2)c(F)c1. The minimum Gasteiger partial charge on any atom is -0.207 e. The molecular weight excluding hydrogens is 242 g/mol. The Bertz CT molecular complexity index is 454. The van der Waals surface area contributed by atoms with E-state index in [1.54, 1.807) is 0 Å². The van der Waals surface area contributed by atoms with Gasteiger partial charge in [-0.25, -0.2) is 8.78 Å². The van der Waals surface area contributed by atoms with E-state index >= 15 is 0 Å². The van der Waals surface area contributed by atoms with Crippen molar-refractivity contribution in [1.82, 2.24) is 0 Å². The third-order valence-electron chi connectivity index (χ3n) is 4.20. The zero-order valence-corrected chi connectivity index (χ0v) is 11.4. The average Bonchev–Trinajstić information content (AvgIpc) is 2.40. The first-order valence-electron chi connectivity index (χ1n) is 7.11. The van der Waals surface area contributed by atoms with Crippen molar-refractivity contribution in [3.8, 4) is 12.3 Å². The van der Waals surface area contributed by atoms with Gasteiger partial charge in [0.15, 0.2) is 0 Å². The minimum atomic E-state index is -0.480. The number of hydrogen-bond acceptors (Lipinski definition) is 0. The van der Waals surface area contributed by atoms with Gasteiger partial charge in [-0.1, -0.05) is 25.7 Å². The van der Waals surface area contributed by atoms with Gasteiger partial charge in [-0.3, -0.25) is 0 Å². The van der Waals surface area contributed by atoms with Crippen molar-refractivity contribution in [2.75, 3.05) is 0 Å². The van der Waals surface area contributed by atoms with Crippen LogP contribution >= 0.6 is 0 Å². The maximum absolute atomic E-state index is 14.0. The topological polar surface area (TPSA) is 0 Å². The predicted molar refractivity (Wildman–Crippen MR) is 73.9 cm³/mol. The van der Waals surface area contributed by atoms with Gasteiger partial charge < -0.3 is 0 Å². The first-order valence-corrected chi connectivity index (χ1v) is 7.11. The molecule has 2 heteroatoms. The zero-order valence-electron chi connectivity index (χ0n) is 11.4. The summed E-state index contributed by atoms with van der Waals surface area (Å²) in [5, 5.41) is 0. The van der Waals surface area contributed by atoms with Crippen molar-refractivity contribution in [3.05, 3.63) is 34.9 Å². The smallest absolute Gasteiger partial charge is 0.130 e. The van der Waals surface area contributed by atoms with Crippen LogP contribution in [-0.4, -0.2) is 0 Å². The summed E-state index contributed by atoms with van der Waals surface area (Å²) >= 11 is 0. The van der Waals surface area contributed by atoms with E-state index in [0.29, 0.717) is 0 Å². The van der Waals surface area contributed by atoms with Crippen molar-refractivity contribution in [2.24, 2.45) is 5.92 Å². The number of rotatable bonds is 3. The van der Waals surface area contributed by atoms with Gasteiger partial charge >= 0.3 is 0 Å². The molecule has 1 saturated carbocycles. The van der Waals surface area contributed by atoms with Crippen LogP contribution < -0.4 is 0 Å². The second-order valence-corrected chi connectivity index (χ2v) is 5.50. The molecular formula is C17H20F2. The van der Waals surface area contributed by atoms with Gasteiger partial charge in [0.1, 0.15) is 11.6 Å². The molecule has 0 unspecified atom stereocenters. The molecule has 1 fully saturated rings. The van der Waals surface area contributed by atoms with E-state index in [1.807, 2.05) is 0 Å². The van der Waals surface area contributed by atoms with Crippen LogP contribution in [0.25, 0.3) is 0 Å². The van der Waals surface area contributed by atoms with Gasteiger partial charge in [0, 0.05) is 11.1 Å². The molecule has 0 heterocycles. The average molecular weight is 262 g/mol. The van der Waals surface area contributed by atoms with Gasteiger partial charge in [-0.15, -0.1) is 6.42 Å². The van der Waals surface area contributed by atoms with Gasteiger partial charge in [0.25, 0.3) is 0 Å². The predicted octanol–water partition coefficient (Wildman–Crippen LogP) is 5.02. The third-order valence-corrected chi connectivity index (χ3v) is 4.20. The summed E-state index contributed by atoms with van der Waals surface area (Å²) in [6.07, 6.45) is 11.5. The molecule has 102 valence electrons. The second-order valence-electron chi connectivity index (χ2n) is 5.50. The van der Waals surface area contributed by atoms with E-state index in [1.165, 1.54) is 25.0 Å². The standard InChI is InChI=1S/C17H20F2/c1-3-5-13-6-8-14(9-7-13)17-15(18)10-12(4-2)11-16(17)19/h2,10-11,13-14H,3,5-9H2,1H3.